The number of hydrogen-bond acceptors (Lipinski definition) is 4. The van der Waals surface area contributed by atoms with E-state index in [2.05, 4.69) is 15.1 Å². The molecule has 0 aromatic carbocycles. The lowest BCUT2D eigenvalue weighted by Gasteiger charge is -2.19. The smallest absolute Gasteiger partial charge is 0.317 e. The highest BCUT2D eigenvalue weighted by Crippen LogP contribution is 2.22. The first-order valence-electron chi connectivity index (χ1n) is 7.05. The van der Waals surface area contributed by atoms with E-state index in [0.717, 1.165) is 29.2 Å². The molecule has 2 heterocycles. The van der Waals surface area contributed by atoms with Crippen molar-refractivity contribution in [3.8, 4) is 0 Å². The highest BCUT2D eigenvalue weighted by atomic mass is 35.5. The molecule has 2 N–H and O–H groups in total. The van der Waals surface area contributed by atoms with Gasteiger partial charge in [0.05, 0.1) is 12.2 Å². The summed E-state index contributed by atoms with van der Waals surface area (Å²) in [5, 5.41) is 14.0. The summed E-state index contributed by atoms with van der Waals surface area (Å²) in [7, 11) is 1.78. The lowest BCUT2D eigenvalue weighted by molar-refractivity contribution is -0.138. The first-order valence-corrected chi connectivity index (χ1v) is 7.43. The van der Waals surface area contributed by atoms with Crippen molar-refractivity contribution in [3.05, 3.63) is 34.1 Å². The SMILES string of the molecule is CCc1nn(C)c(Cl)c1CN(CC(=O)O)Cc1cnc(C)[nH]1. The van der Waals surface area contributed by atoms with Crippen LogP contribution in [0.1, 0.15) is 29.7 Å². The Morgan fingerprint density at radius 3 is 2.77 bits per heavy atom. The molecule has 0 fully saturated rings. The number of carboxylic acid groups (broad SMARTS) is 1. The third-order valence-electron chi connectivity index (χ3n) is 3.38. The lowest BCUT2D eigenvalue weighted by atomic mass is 10.2. The Balaban J connectivity index is 2.21. The van der Waals surface area contributed by atoms with E-state index in [1.165, 1.54) is 0 Å². The zero-order valence-electron chi connectivity index (χ0n) is 12.9. The number of imidazole rings is 1. The second-order valence-corrected chi connectivity index (χ2v) is 5.58. The molecule has 2 rings (SSSR count). The number of H-pyrrole nitrogens is 1. The molecule has 8 heteroatoms. The second-order valence-electron chi connectivity index (χ2n) is 5.23. The maximum Gasteiger partial charge on any atom is 0.317 e. The van der Waals surface area contributed by atoms with Crippen molar-refractivity contribution in [1.29, 1.82) is 0 Å². The quantitative estimate of drug-likeness (QED) is 0.810. The van der Waals surface area contributed by atoms with Gasteiger partial charge in [-0.15, -0.1) is 0 Å². The fourth-order valence-corrected chi connectivity index (χ4v) is 2.62. The Labute approximate surface area is 133 Å². The van der Waals surface area contributed by atoms with Crippen molar-refractivity contribution in [2.75, 3.05) is 6.54 Å². The molecule has 0 spiro atoms. The summed E-state index contributed by atoms with van der Waals surface area (Å²) < 4.78 is 1.62. The number of carboxylic acids is 1. The van der Waals surface area contributed by atoms with E-state index in [-0.39, 0.29) is 6.54 Å². The number of aromatic amines is 1. The van der Waals surface area contributed by atoms with Crippen LogP contribution in [0.3, 0.4) is 0 Å². The summed E-state index contributed by atoms with van der Waals surface area (Å²) in [6, 6.07) is 0. The zero-order valence-corrected chi connectivity index (χ0v) is 13.7. The van der Waals surface area contributed by atoms with Gasteiger partial charge in [-0.1, -0.05) is 18.5 Å². The fraction of sp³-hybridized carbons (Fsp3) is 0.500. The Bertz CT molecular complexity index is 664. The highest BCUT2D eigenvalue weighted by molar-refractivity contribution is 6.30. The molecule has 0 atom stereocenters. The van der Waals surface area contributed by atoms with Crippen LogP contribution in [-0.4, -0.2) is 42.3 Å². The van der Waals surface area contributed by atoms with Crippen molar-refractivity contribution in [2.24, 2.45) is 7.05 Å². The first kappa shape index (κ1) is 16.5. The van der Waals surface area contributed by atoms with Gasteiger partial charge in [0.15, 0.2) is 0 Å². The Morgan fingerprint density at radius 1 is 1.50 bits per heavy atom. The third kappa shape index (κ3) is 3.86. The summed E-state index contributed by atoms with van der Waals surface area (Å²) in [6.45, 7) is 4.67. The summed E-state index contributed by atoms with van der Waals surface area (Å²) in [4.78, 5) is 20.2. The molecule has 0 bridgehead atoms. The molecule has 7 nitrogen and oxygen atoms in total. The van der Waals surface area contributed by atoms with Crippen LogP contribution in [0.25, 0.3) is 0 Å². The Hall–Kier alpha value is -1.86. The number of carbonyl (C=O) groups is 1. The summed E-state index contributed by atoms with van der Waals surface area (Å²) in [6.07, 6.45) is 2.47. The average molecular weight is 326 g/mol. The molecular formula is C14H20ClN5O2. The van der Waals surface area contributed by atoms with Gasteiger partial charge in [-0.2, -0.15) is 5.10 Å². The predicted molar refractivity (Wildman–Crippen MR) is 82.7 cm³/mol. The van der Waals surface area contributed by atoms with Crippen molar-refractivity contribution >= 4 is 17.6 Å². The first-order chi connectivity index (χ1) is 10.4. The number of aryl methyl sites for hydroxylation is 3. The molecule has 0 radical (unpaired) electrons. The van der Waals surface area contributed by atoms with Crippen LogP contribution in [-0.2, 0) is 31.4 Å². The van der Waals surface area contributed by atoms with Gasteiger partial charge in [0, 0.05) is 37.6 Å². The van der Waals surface area contributed by atoms with Gasteiger partial charge in [0.2, 0.25) is 0 Å². The molecule has 0 saturated carbocycles. The van der Waals surface area contributed by atoms with E-state index < -0.39 is 5.97 Å². The standard InChI is InChI=1S/C14H20ClN5O2/c1-4-12-11(14(15)19(3)18-12)7-20(8-13(21)22)6-10-5-16-9(2)17-10/h5H,4,6-8H2,1-3H3,(H,16,17)(H,21,22). The van der Waals surface area contributed by atoms with Crippen LogP contribution in [0.5, 0.6) is 0 Å². The van der Waals surface area contributed by atoms with Crippen molar-refractivity contribution in [3.63, 3.8) is 0 Å². The van der Waals surface area contributed by atoms with Crippen LogP contribution >= 0.6 is 11.6 Å². The van der Waals surface area contributed by atoms with Crippen molar-refractivity contribution in [2.45, 2.75) is 33.4 Å². The van der Waals surface area contributed by atoms with Gasteiger partial charge >= 0.3 is 5.97 Å². The molecule has 0 aliphatic carbocycles. The van der Waals surface area contributed by atoms with Crippen LogP contribution in [0.2, 0.25) is 5.15 Å². The van der Waals surface area contributed by atoms with E-state index >= 15 is 0 Å². The lowest BCUT2D eigenvalue weighted by Crippen LogP contribution is -2.29. The van der Waals surface area contributed by atoms with E-state index in [1.54, 1.807) is 22.8 Å². The fourth-order valence-electron chi connectivity index (χ4n) is 2.42. The number of aliphatic carboxylic acids is 1. The number of nitrogens with zero attached hydrogens (tertiary/aromatic N) is 4. The van der Waals surface area contributed by atoms with Crippen molar-refractivity contribution < 1.29 is 9.90 Å². The predicted octanol–water partition coefficient (Wildman–Crippen LogP) is 1.75. The number of rotatable bonds is 7. The summed E-state index contributed by atoms with van der Waals surface area (Å²) in [5.41, 5.74) is 2.64. The minimum absolute atomic E-state index is 0.0769. The molecule has 0 aliphatic heterocycles. The molecule has 22 heavy (non-hydrogen) atoms. The van der Waals surface area contributed by atoms with Crippen LogP contribution in [0.15, 0.2) is 6.20 Å². The van der Waals surface area contributed by atoms with Gasteiger partial charge < -0.3 is 10.1 Å². The molecular weight excluding hydrogens is 306 g/mol. The zero-order chi connectivity index (χ0) is 16.3. The largest absolute Gasteiger partial charge is 0.480 e. The minimum Gasteiger partial charge on any atom is -0.480 e. The topological polar surface area (TPSA) is 87.0 Å². The second kappa shape index (κ2) is 6.93. The van der Waals surface area contributed by atoms with E-state index in [1.807, 2.05) is 13.8 Å². The van der Waals surface area contributed by atoms with Crippen LogP contribution in [0.4, 0.5) is 0 Å². The Kier molecular flexibility index (Phi) is 5.20. The molecule has 0 saturated heterocycles. The summed E-state index contributed by atoms with van der Waals surface area (Å²) in [5.74, 6) is -0.0757. The molecule has 0 aliphatic rings. The molecule has 2 aromatic rings. The van der Waals surface area contributed by atoms with Crippen LogP contribution < -0.4 is 0 Å². The van der Waals surface area contributed by atoms with Gasteiger partial charge in [-0.25, -0.2) is 4.98 Å². The maximum atomic E-state index is 11.1. The normalized spacial score (nSPS) is 11.3. The number of halogens is 1. The monoisotopic (exact) mass is 325 g/mol. The number of hydrogen-bond donors (Lipinski definition) is 2. The average Bonchev–Trinajstić information content (AvgIpc) is 2.96. The highest BCUT2D eigenvalue weighted by Gasteiger charge is 2.19. The van der Waals surface area contributed by atoms with Gasteiger partial charge in [0.25, 0.3) is 0 Å². The molecule has 2 aromatic heterocycles. The van der Waals surface area contributed by atoms with Gasteiger partial charge in [0.1, 0.15) is 11.0 Å². The van der Waals surface area contributed by atoms with E-state index in [9.17, 15) is 4.79 Å². The number of nitrogens with one attached hydrogen (secondary N) is 1. The summed E-state index contributed by atoms with van der Waals surface area (Å²) >= 11 is 6.29. The molecule has 0 unspecified atom stereocenters. The molecule has 120 valence electrons. The van der Waals surface area contributed by atoms with Gasteiger partial charge in [-0.05, 0) is 13.3 Å². The third-order valence-corrected chi connectivity index (χ3v) is 3.85. The maximum absolute atomic E-state index is 11.1. The van der Waals surface area contributed by atoms with E-state index in [0.29, 0.717) is 18.2 Å². The number of aromatic nitrogens is 4. The van der Waals surface area contributed by atoms with E-state index in [4.69, 9.17) is 16.7 Å². The Morgan fingerprint density at radius 2 is 2.23 bits per heavy atom. The van der Waals surface area contributed by atoms with Gasteiger partial charge in [-0.3, -0.25) is 14.4 Å². The van der Waals surface area contributed by atoms with Crippen molar-refractivity contribution in [1.82, 2.24) is 24.6 Å². The van der Waals surface area contributed by atoms with Crippen LogP contribution in [0, 0.1) is 6.92 Å². The molecule has 0 amide bonds. The minimum atomic E-state index is -0.880.